The Morgan fingerprint density at radius 1 is 1.30 bits per heavy atom. The number of fused-ring (bicyclic) bond motifs is 1. The van der Waals surface area contributed by atoms with Crippen molar-refractivity contribution in [1.29, 1.82) is 0 Å². The molecular formula is C20H17FN4OS. The number of amides is 1. The Morgan fingerprint density at radius 3 is 2.93 bits per heavy atom. The lowest BCUT2D eigenvalue weighted by Crippen LogP contribution is -2.24. The molecule has 5 nitrogen and oxygen atoms in total. The van der Waals surface area contributed by atoms with E-state index in [1.54, 1.807) is 34.3 Å². The van der Waals surface area contributed by atoms with Crippen LogP contribution in [0.1, 0.15) is 27.3 Å². The molecule has 4 aromatic rings. The standard InChI is InChI=1S/C20H17FN4OS/c1-12-6-13(2)22-8-15(12)9-23-19(26)18-11-27-20-24-17(10-25(18)20)14-4-3-5-16(21)7-14/h3-8,10-11H,9H2,1-2H3,(H,23,26). The number of imidazole rings is 1. The Kier molecular flexibility index (Phi) is 4.45. The summed E-state index contributed by atoms with van der Waals surface area (Å²) in [5, 5.41) is 4.70. The molecule has 27 heavy (non-hydrogen) atoms. The van der Waals surface area contributed by atoms with Crippen LogP contribution in [-0.2, 0) is 6.54 Å². The predicted molar refractivity (Wildman–Crippen MR) is 103 cm³/mol. The number of aryl methyl sites for hydroxylation is 2. The van der Waals surface area contributed by atoms with E-state index in [2.05, 4.69) is 15.3 Å². The molecule has 0 unspecified atom stereocenters. The normalized spacial score (nSPS) is 11.1. The number of pyridine rings is 1. The molecule has 1 aromatic carbocycles. The molecule has 3 aromatic heterocycles. The Labute approximate surface area is 159 Å². The topological polar surface area (TPSA) is 59.3 Å². The number of thiazole rings is 1. The fourth-order valence-corrected chi connectivity index (χ4v) is 3.76. The van der Waals surface area contributed by atoms with Gasteiger partial charge in [-0.15, -0.1) is 11.3 Å². The van der Waals surface area contributed by atoms with E-state index in [4.69, 9.17) is 0 Å². The van der Waals surface area contributed by atoms with Gasteiger partial charge in [0.05, 0.1) is 5.69 Å². The second-order valence-corrected chi connectivity index (χ2v) is 7.18. The molecule has 0 atom stereocenters. The lowest BCUT2D eigenvalue weighted by molar-refractivity contribution is 0.0945. The molecule has 0 aliphatic carbocycles. The van der Waals surface area contributed by atoms with Gasteiger partial charge in [0.2, 0.25) is 0 Å². The summed E-state index contributed by atoms with van der Waals surface area (Å²) in [6, 6.07) is 8.25. The average Bonchev–Trinajstić information content (AvgIpc) is 3.21. The van der Waals surface area contributed by atoms with Crippen molar-refractivity contribution in [2.24, 2.45) is 0 Å². The molecule has 0 aliphatic heterocycles. The highest BCUT2D eigenvalue weighted by Gasteiger charge is 2.15. The van der Waals surface area contributed by atoms with Crippen LogP contribution < -0.4 is 5.32 Å². The third-order valence-corrected chi connectivity index (χ3v) is 5.20. The number of hydrogen-bond donors (Lipinski definition) is 1. The zero-order chi connectivity index (χ0) is 19.0. The summed E-state index contributed by atoms with van der Waals surface area (Å²) in [4.78, 5) is 22.1. The number of aromatic nitrogens is 3. The van der Waals surface area contributed by atoms with Crippen LogP contribution in [0.25, 0.3) is 16.2 Å². The molecular weight excluding hydrogens is 363 g/mol. The van der Waals surface area contributed by atoms with Gasteiger partial charge < -0.3 is 5.32 Å². The van der Waals surface area contributed by atoms with Gasteiger partial charge in [0.1, 0.15) is 11.5 Å². The van der Waals surface area contributed by atoms with E-state index < -0.39 is 0 Å². The molecule has 0 bridgehead atoms. The fourth-order valence-electron chi connectivity index (χ4n) is 2.91. The third-order valence-electron chi connectivity index (χ3n) is 4.36. The molecule has 3 heterocycles. The van der Waals surface area contributed by atoms with Gasteiger partial charge in [-0.2, -0.15) is 0 Å². The molecule has 0 saturated heterocycles. The first kappa shape index (κ1) is 17.4. The first-order valence-electron chi connectivity index (χ1n) is 8.44. The predicted octanol–water partition coefficient (Wildman–Crippen LogP) is 4.14. The zero-order valence-corrected chi connectivity index (χ0v) is 15.7. The van der Waals surface area contributed by atoms with Crippen LogP contribution in [0.15, 0.2) is 48.1 Å². The molecule has 0 saturated carbocycles. The van der Waals surface area contributed by atoms with Crippen molar-refractivity contribution in [2.75, 3.05) is 0 Å². The number of halogens is 1. The van der Waals surface area contributed by atoms with Crippen LogP contribution in [0.2, 0.25) is 0 Å². The number of carbonyl (C=O) groups is 1. The minimum absolute atomic E-state index is 0.190. The number of hydrogen-bond acceptors (Lipinski definition) is 4. The zero-order valence-electron chi connectivity index (χ0n) is 14.9. The molecule has 0 aliphatic rings. The first-order valence-corrected chi connectivity index (χ1v) is 9.32. The minimum Gasteiger partial charge on any atom is -0.347 e. The van der Waals surface area contributed by atoms with Gasteiger partial charge >= 0.3 is 0 Å². The number of nitrogens with zero attached hydrogens (tertiary/aromatic N) is 3. The van der Waals surface area contributed by atoms with Gasteiger partial charge in [-0.25, -0.2) is 9.37 Å². The van der Waals surface area contributed by atoms with Crippen LogP contribution >= 0.6 is 11.3 Å². The Hall–Kier alpha value is -3.06. The second-order valence-electron chi connectivity index (χ2n) is 6.34. The number of rotatable bonds is 4. The van der Waals surface area contributed by atoms with Crippen molar-refractivity contribution in [3.8, 4) is 11.3 Å². The molecule has 7 heteroatoms. The highest BCUT2D eigenvalue weighted by molar-refractivity contribution is 7.15. The molecule has 1 amide bonds. The van der Waals surface area contributed by atoms with Crippen molar-refractivity contribution in [3.05, 3.63) is 76.4 Å². The maximum Gasteiger partial charge on any atom is 0.269 e. The Morgan fingerprint density at radius 2 is 2.15 bits per heavy atom. The maximum absolute atomic E-state index is 13.5. The summed E-state index contributed by atoms with van der Waals surface area (Å²) in [5.41, 5.74) is 4.83. The van der Waals surface area contributed by atoms with Gasteiger partial charge in [0.25, 0.3) is 5.91 Å². The molecule has 0 spiro atoms. The van der Waals surface area contributed by atoms with Gasteiger partial charge in [0.15, 0.2) is 4.96 Å². The maximum atomic E-state index is 13.5. The van der Waals surface area contributed by atoms with Gasteiger partial charge in [-0.3, -0.25) is 14.2 Å². The summed E-state index contributed by atoms with van der Waals surface area (Å²) < 4.78 is 15.2. The molecule has 4 rings (SSSR count). The molecule has 136 valence electrons. The lowest BCUT2D eigenvalue weighted by Gasteiger charge is -2.08. The van der Waals surface area contributed by atoms with E-state index in [-0.39, 0.29) is 11.7 Å². The summed E-state index contributed by atoms with van der Waals surface area (Å²) in [6.45, 7) is 4.34. The van der Waals surface area contributed by atoms with Gasteiger partial charge in [-0.1, -0.05) is 12.1 Å². The smallest absolute Gasteiger partial charge is 0.269 e. The van der Waals surface area contributed by atoms with E-state index >= 15 is 0 Å². The second kappa shape index (κ2) is 6.92. The monoisotopic (exact) mass is 380 g/mol. The van der Waals surface area contributed by atoms with E-state index in [0.717, 1.165) is 16.8 Å². The quantitative estimate of drug-likeness (QED) is 0.579. The van der Waals surface area contributed by atoms with E-state index in [0.29, 0.717) is 28.5 Å². The first-order chi connectivity index (χ1) is 13.0. The summed E-state index contributed by atoms with van der Waals surface area (Å²) >= 11 is 1.37. The Balaban J connectivity index is 1.57. The van der Waals surface area contributed by atoms with Crippen LogP contribution in [0.4, 0.5) is 4.39 Å². The van der Waals surface area contributed by atoms with Crippen LogP contribution in [0.5, 0.6) is 0 Å². The summed E-state index contributed by atoms with van der Waals surface area (Å²) in [7, 11) is 0. The SMILES string of the molecule is Cc1cc(C)c(CNC(=O)c2csc3nc(-c4cccc(F)c4)cn23)cn1. The van der Waals surface area contributed by atoms with Crippen LogP contribution in [0, 0.1) is 19.7 Å². The van der Waals surface area contributed by atoms with E-state index in [1.165, 1.54) is 23.5 Å². The van der Waals surface area contributed by atoms with Crippen molar-refractivity contribution in [2.45, 2.75) is 20.4 Å². The summed E-state index contributed by atoms with van der Waals surface area (Å²) in [5.74, 6) is -0.506. The summed E-state index contributed by atoms with van der Waals surface area (Å²) in [6.07, 6.45) is 3.54. The van der Waals surface area contributed by atoms with E-state index in [1.807, 2.05) is 19.9 Å². The van der Waals surface area contributed by atoms with Crippen molar-refractivity contribution in [3.63, 3.8) is 0 Å². The fraction of sp³-hybridized carbons (Fsp3) is 0.150. The van der Waals surface area contributed by atoms with Gasteiger partial charge in [-0.05, 0) is 43.2 Å². The van der Waals surface area contributed by atoms with Crippen molar-refractivity contribution >= 4 is 22.2 Å². The van der Waals surface area contributed by atoms with Crippen LogP contribution in [0.3, 0.4) is 0 Å². The minimum atomic E-state index is -0.316. The third kappa shape index (κ3) is 3.46. The van der Waals surface area contributed by atoms with Crippen molar-refractivity contribution < 1.29 is 9.18 Å². The molecule has 0 fully saturated rings. The number of carbonyl (C=O) groups excluding carboxylic acids is 1. The molecule has 1 N–H and O–H groups in total. The molecule has 0 radical (unpaired) electrons. The van der Waals surface area contributed by atoms with Gasteiger partial charge in [0, 0.05) is 35.6 Å². The van der Waals surface area contributed by atoms with E-state index in [9.17, 15) is 9.18 Å². The van der Waals surface area contributed by atoms with Crippen LogP contribution in [-0.4, -0.2) is 20.3 Å². The highest BCUT2D eigenvalue weighted by atomic mass is 32.1. The lowest BCUT2D eigenvalue weighted by atomic mass is 10.1. The average molecular weight is 380 g/mol. The number of nitrogens with one attached hydrogen (secondary N) is 1. The largest absolute Gasteiger partial charge is 0.347 e. The van der Waals surface area contributed by atoms with Crippen molar-refractivity contribution in [1.82, 2.24) is 19.7 Å². The highest BCUT2D eigenvalue weighted by Crippen LogP contribution is 2.24. The number of benzene rings is 1. The Bertz CT molecular complexity index is 1150.